The molecule has 16 heavy (non-hydrogen) atoms. The van der Waals surface area contributed by atoms with Crippen LogP contribution < -0.4 is 5.32 Å². The fourth-order valence-corrected chi connectivity index (χ4v) is 2.95. The number of hydrogen-bond acceptors (Lipinski definition) is 3. The quantitative estimate of drug-likeness (QED) is 0.863. The molecule has 2 amide bonds. The standard InChI is InChI=1S/C11H16N2O2S/c1-3-12-11(14)13-6-7-16-10(13)9-5-4-8(2)15-9/h4-5,10H,3,6-7H2,1-2H3,(H,12,14). The van der Waals surface area contributed by atoms with Gasteiger partial charge < -0.3 is 14.6 Å². The number of amides is 2. The molecule has 1 aliphatic rings. The Morgan fingerprint density at radius 3 is 3.12 bits per heavy atom. The Morgan fingerprint density at radius 2 is 2.50 bits per heavy atom. The summed E-state index contributed by atoms with van der Waals surface area (Å²) in [6.45, 7) is 5.28. The summed E-state index contributed by atoms with van der Waals surface area (Å²) in [4.78, 5) is 13.6. The number of furan rings is 1. The maximum Gasteiger partial charge on any atom is 0.318 e. The monoisotopic (exact) mass is 240 g/mol. The maximum atomic E-state index is 11.8. The minimum absolute atomic E-state index is 0.00782. The number of nitrogens with zero attached hydrogens (tertiary/aromatic N) is 1. The lowest BCUT2D eigenvalue weighted by atomic mass is 10.4. The number of urea groups is 1. The van der Waals surface area contributed by atoms with E-state index in [1.807, 2.05) is 30.9 Å². The molecule has 1 saturated heterocycles. The zero-order valence-electron chi connectivity index (χ0n) is 9.53. The van der Waals surface area contributed by atoms with Gasteiger partial charge in [0.2, 0.25) is 0 Å². The molecule has 1 unspecified atom stereocenters. The van der Waals surface area contributed by atoms with E-state index in [0.29, 0.717) is 6.54 Å². The molecule has 1 atom stereocenters. The molecule has 1 N–H and O–H groups in total. The summed E-state index contributed by atoms with van der Waals surface area (Å²) in [5, 5.41) is 2.85. The molecule has 1 aromatic rings. The van der Waals surface area contributed by atoms with Gasteiger partial charge in [-0.3, -0.25) is 0 Å². The average Bonchev–Trinajstić information content (AvgIpc) is 2.85. The summed E-state index contributed by atoms with van der Waals surface area (Å²) in [7, 11) is 0. The third-order valence-electron chi connectivity index (χ3n) is 2.48. The third-order valence-corrected chi connectivity index (χ3v) is 3.71. The van der Waals surface area contributed by atoms with Crippen LogP contribution in [-0.4, -0.2) is 29.8 Å². The van der Waals surface area contributed by atoms with E-state index in [9.17, 15) is 4.79 Å². The number of nitrogens with one attached hydrogen (secondary N) is 1. The van der Waals surface area contributed by atoms with Crippen molar-refractivity contribution in [3.63, 3.8) is 0 Å². The van der Waals surface area contributed by atoms with Gasteiger partial charge in [-0.2, -0.15) is 0 Å². The molecule has 0 saturated carbocycles. The number of hydrogen-bond donors (Lipinski definition) is 1. The highest BCUT2D eigenvalue weighted by Gasteiger charge is 2.32. The molecule has 0 radical (unpaired) electrons. The first-order chi connectivity index (χ1) is 7.72. The smallest absolute Gasteiger partial charge is 0.318 e. The van der Waals surface area contributed by atoms with E-state index in [4.69, 9.17) is 4.42 Å². The van der Waals surface area contributed by atoms with Gasteiger partial charge in [0.25, 0.3) is 0 Å². The molecule has 2 heterocycles. The molecule has 88 valence electrons. The highest BCUT2D eigenvalue weighted by atomic mass is 32.2. The van der Waals surface area contributed by atoms with Crippen LogP contribution in [0.5, 0.6) is 0 Å². The van der Waals surface area contributed by atoms with E-state index in [-0.39, 0.29) is 11.4 Å². The van der Waals surface area contributed by atoms with Crippen LogP contribution in [0, 0.1) is 6.92 Å². The molecule has 4 nitrogen and oxygen atoms in total. The Labute approximate surface area is 99.4 Å². The number of rotatable bonds is 2. The van der Waals surface area contributed by atoms with Crippen LogP contribution in [0.15, 0.2) is 16.5 Å². The number of carbonyl (C=O) groups is 1. The third kappa shape index (κ3) is 2.19. The Bertz CT molecular complexity index is 378. The van der Waals surface area contributed by atoms with Crippen molar-refractivity contribution in [3.8, 4) is 0 Å². The minimum Gasteiger partial charge on any atom is -0.463 e. The van der Waals surface area contributed by atoms with Gasteiger partial charge in [0.1, 0.15) is 16.9 Å². The van der Waals surface area contributed by atoms with Gasteiger partial charge >= 0.3 is 6.03 Å². The Hall–Kier alpha value is -1.10. The van der Waals surface area contributed by atoms with Crippen molar-refractivity contribution in [1.82, 2.24) is 10.2 Å². The molecule has 0 bridgehead atoms. The predicted octanol–water partition coefficient (Wildman–Crippen LogP) is 2.36. The molecular weight excluding hydrogens is 224 g/mol. The first-order valence-corrected chi connectivity index (χ1v) is 6.49. The van der Waals surface area contributed by atoms with Gasteiger partial charge in [-0.05, 0) is 26.0 Å². The van der Waals surface area contributed by atoms with Crippen LogP contribution >= 0.6 is 11.8 Å². The molecule has 0 spiro atoms. The second-order valence-corrected chi connectivity index (χ2v) is 4.89. The van der Waals surface area contributed by atoms with Crippen LogP contribution in [0.25, 0.3) is 0 Å². The molecule has 1 fully saturated rings. The second kappa shape index (κ2) is 4.82. The lowest BCUT2D eigenvalue weighted by molar-refractivity contribution is 0.196. The van der Waals surface area contributed by atoms with Crippen LogP contribution in [-0.2, 0) is 0 Å². The highest BCUT2D eigenvalue weighted by molar-refractivity contribution is 7.99. The van der Waals surface area contributed by atoms with E-state index in [0.717, 1.165) is 23.8 Å². The number of aryl methyl sites for hydroxylation is 1. The summed E-state index contributed by atoms with van der Waals surface area (Å²) >= 11 is 1.74. The van der Waals surface area contributed by atoms with Gasteiger partial charge in [-0.15, -0.1) is 11.8 Å². The van der Waals surface area contributed by atoms with Crippen LogP contribution in [0.3, 0.4) is 0 Å². The summed E-state index contributed by atoms with van der Waals surface area (Å²) < 4.78 is 5.58. The van der Waals surface area contributed by atoms with Crippen molar-refractivity contribution in [3.05, 3.63) is 23.7 Å². The first-order valence-electron chi connectivity index (χ1n) is 5.44. The molecule has 0 aromatic carbocycles. The van der Waals surface area contributed by atoms with E-state index in [1.165, 1.54) is 0 Å². The van der Waals surface area contributed by atoms with Crippen molar-refractivity contribution in [2.75, 3.05) is 18.8 Å². The Kier molecular flexibility index (Phi) is 3.43. The van der Waals surface area contributed by atoms with Gasteiger partial charge in [-0.1, -0.05) is 0 Å². The normalized spacial score (nSPS) is 20.1. The highest BCUT2D eigenvalue weighted by Crippen LogP contribution is 2.38. The average molecular weight is 240 g/mol. The number of carbonyl (C=O) groups excluding carboxylic acids is 1. The summed E-state index contributed by atoms with van der Waals surface area (Å²) in [6.07, 6.45) is 0. The zero-order chi connectivity index (χ0) is 11.5. The van der Waals surface area contributed by atoms with Crippen LogP contribution in [0.4, 0.5) is 4.79 Å². The topological polar surface area (TPSA) is 45.5 Å². The fraction of sp³-hybridized carbons (Fsp3) is 0.545. The van der Waals surface area contributed by atoms with E-state index in [2.05, 4.69) is 5.32 Å². The molecule has 5 heteroatoms. The van der Waals surface area contributed by atoms with Crippen molar-refractivity contribution in [2.45, 2.75) is 19.2 Å². The molecule has 1 aromatic heterocycles. The van der Waals surface area contributed by atoms with E-state index >= 15 is 0 Å². The van der Waals surface area contributed by atoms with Gasteiger partial charge in [-0.25, -0.2) is 4.79 Å². The molecule has 2 rings (SSSR count). The van der Waals surface area contributed by atoms with Gasteiger partial charge in [0, 0.05) is 18.8 Å². The zero-order valence-corrected chi connectivity index (χ0v) is 10.3. The number of thioether (sulfide) groups is 1. The largest absolute Gasteiger partial charge is 0.463 e. The van der Waals surface area contributed by atoms with Crippen molar-refractivity contribution in [1.29, 1.82) is 0 Å². The fourth-order valence-electron chi connectivity index (χ4n) is 1.75. The van der Waals surface area contributed by atoms with Crippen molar-refractivity contribution >= 4 is 17.8 Å². The lowest BCUT2D eigenvalue weighted by Crippen LogP contribution is -2.39. The van der Waals surface area contributed by atoms with Crippen molar-refractivity contribution < 1.29 is 9.21 Å². The predicted molar refractivity (Wildman–Crippen MR) is 64.4 cm³/mol. The van der Waals surface area contributed by atoms with Crippen molar-refractivity contribution in [2.24, 2.45) is 0 Å². The lowest BCUT2D eigenvalue weighted by Gasteiger charge is -2.22. The summed E-state index contributed by atoms with van der Waals surface area (Å²) in [5.74, 6) is 2.71. The van der Waals surface area contributed by atoms with Crippen LogP contribution in [0.2, 0.25) is 0 Å². The molecule has 0 aliphatic carbocycles. The Morgan fingerprint density at radius 1 is 1.69 bits per heavy atom. The minimum atomic E-state index is -0.00782. The molecular formula is C11H16N2O2S. The maximum absolute atomic E-state index is 11.8. The van der Waals surface area contributed by atoms with E-state index < -0.39 is 0 Å². The van der Waals surface area contributed by atoms with Gasteiger partial charge in [0.05, 0.1) is 0 Å². The first kappa shape index (κ1) is 11.4. The molecule has 1 aliphatic heterocycles. The van der Waals surface area contributed by atoms with Gasteiger partial charge in [0.15, 0.2) is 0 Å². The van der Waals surface area contributed by atoms with Crippen LogP contribution in [0.1, 0.15) is 23.8 Å². The van der Waals surface area contributed by atoms with E-state index in [1.54, 1.807) is 11.8 Å². The summed E-state index contributed by atoms with van der Waals surface area (Å²) in [5.41, 5.74) is 0. The summed E-state index contributed by atoms with van der Waals surface area (Å²) in [6, 6.07) is 3.88. The second-order valence-electron chi connectivity index (χ2n) is 3.70. The Balaban J connectivity index is 2.11. The SMILES string of the molecule is CCNC(=O)N1CCSC1c1ccc(C)o1.